The number of piperazine rings is 1. The zero-order chi connectivity index (χ0) is 37.7. The summed E-state index contributed by atoms with van der Waals surface area (Å²) < 4.78 is 55.5. The van der Waals surface area contributed by atoms with Crippen LogP contribution < -0.4 is 0 Å². The van der Waals surface area contributed by atoms with Crippen molar-refractivity contribution in [2.75, 3.05) is 13.1 Å². The van der Waals surface area contributed by atoms with Gasteiger partial charge in [-0.3, -0.25) is 14.4 Å². The van der Waals surface area contributed by atoms with E-state index in [4.69, 9.17) is 28.2 Å². The summed E-state index contributed by atoms with van der Waals surface area (Å²) in [6, 6.07) is 5.68. The number of benzene rings is 1. The Labute approximate surface area is 313 Å². The quantitative estimate of drug-likeness (QED) is 0.234. The van der Waals surface area contributed by atoms with Crippen LogP contribution in [0.25, 0.3) is 0 Å². The van der Waals surface area contributed by atoms with Crippen molar-refractivity contribution in [2.45, 2.75) is 102 Å². The van der Waals surface area contributed by atoms with E-state index in [-0.39, 0.29) is 41.9 Å². The SMILES string of the molecule is CC(C)C1=C(C(=O)N2[C@@H](C(=O)N3CC4(CC4)N(C(=O)C(F)(F)F)C[C@@H]3C)CC[C@@H]2C)SC2=N[C@@](C)(c3ccc(Cl)nc3)[C@@H](c3ccc(Cl)c(F)c3)N21. The Balaban J connectivity index is 1.22. The number of nitrogens with zero attached hydrogens (tertiary/aromatic N) is 6. The van der Waals surface area contributed by atoms with Crippen LogP contribution in [-0.2, 0) is 19.9 Å². The third kappa shape index (κ3) is 5.96. The number of aliphatic imine (C=N–C) groups is 1. The fourth-order valence-corrected chi connectivity index (χ4v) is 9.88. The van der Waals surface area contributed by atoms with E-state index in [0.717, 1.165) is 10.5 Å². The molecule has 9 nitrogen and oxygen atoms in total. The molecule has 1 spiro atoms. The van der Waals surface area contributed by atoms with Crippen molar-refractivity contribution in [1.82, 2.24) is 24.6 Å². The minimum Gasteiger partial charge on any atom is -0.334 e. The summed E-state index contributed by atoms with van der Waals surface area (Å²) in [6.45, 7) is 9.11. The molecule has 5 heterocycles. The zero-order valence-corrected chi connectivity index (χ0v) is 31.5. The predicted molar refractivity (Wildman–Crippen MR) is 190 cm³/mol. The second kappa shape index (κ2) is 12.9. The summed E-state index contributed by atoms with van der Waals surface area (Å²) in [4.78, 5) is 57.4. The third-order valence-corrected chi connectivity index (χ3v) is 12.7. The summed E-state index contributed by atoms with van der Waals surface area (Å²) >= 11 is 13.4. The predicted octanol–water partition coefficient (Wildman–Crippen LogP) is 7.30. The van der Waals surface area contributed by atoms with Crippen molar-refractivity contribution in [3.05, 3.63) is 74.3 Å². The normalized spacial score (nSPS) is 28.3. The first-order valence-electron chi connectivity index (χ1n) is 17.3. The van der Waals surface area contributed by atoms with Gasteiger partial charge < -0.3 is 19.6 Å². The van der Waals surface area contributed by atoms with E-state index in [1.807, 2.05) is 38.7 Å². The van der Waals surface area contributed by atoms with E-state index in [0.29, 0.717) is 52.2 Å². The molecule has 16 heteroatoms. The molecule has 0 N–H and O–H groups in total. The number of thioether (sulfide) groups is 1. The molecule has 5 atom stereocenters. The molecular formula is C36H38Cl2F4N6O3S. The number of fused-ring (bicyclic) bond motifs is 1. The molecule has 2 aromatic rings. The number of aromatic nitrogens is 1. The highest BCUT2D eigenvalue weighted by molar-refractivity contribution is 8.18. The standard InChI is InChI=1S/C36H38Cl2F4N6O3S/c1-18(2)27-28(52-33-44-34(5,22-8-11-26(38)43-15-22)29(48(27)33)21-7-9-23(37)24(39)14-21)31(50)47-19(3)6-10-25(47)30(49)45-17-35(12-13-35)46(16-20(45)4)32(51)36(40,41)42/h7-9,11,14-15,18-20,25,29H,6,10,12-13,16-17H2,1-5H3/t19-,20-,25+,29+,34-/m0/s1. The molecule has 52 heavy (non-hydrogen) atoms. The molecule has 1 aromatic carbocycles. The maximum atomic E-state index is 15.1. The van der Waals surface area contributed by atoms with Crippen LogP contribution in [0.15, 0.2) is 52.1 Å². The number of carbonyl (C=O) groups excluding carboxylic acids is 3. The van der Waals surface area contributed by atoms with E-state index in [1.165, 1.54) is 23.9 Å². The van der Waals surface area contributed by atoms with Crippen LogP contribution >= 0.6 is 35.0 Å². The van der Waals surface area contributed by atoms with E-state index < -0.39 is 47.1 Å². The first-order chi connectivity index (χ1) is 24.4. The molecular weight excluding hydrogens is 743 g/mol. The van der Waals surface area contributed by atoms with Crippen molar-refractivity contribution in [3.63, 3.8) is 0 Å². The molecule has 7 rings (SSSR count). The van der Waals surface area contributed by atoms with Gasteiger partial charge in [-0.25, -0.2) is 14.4 Å². The fraction of sp³-hybridized carbons (Fsp3) is 0.528. The van der Waals surface area contributed by atoms with Crippen molar-refractivity contribution in [1.29, 1.82) is 0 Å². The summed E-state index contributed by atoms with van der Waals surface area (Å²) in [5.74, 6) is -3.36. The Hall–Kier alpha value is -3.36. The average molecular weight is 782 g/mol. The summed E-state index contributed by atoms with van der Waals surface area (Å²) in [6.07, 6.45) is -1.68. The van der Waals surface area contributed by atoms with Crippen molar-refractivity contribution >= 4 is 57.9 Å². The number of amidine groups is 1. The highest BCUT2D eigenvalue weighted by atomic mass is 35.5. The maximum Gasteiger partial charge on any atom is 0.471 e. The van der Waals surface area contributed by atoms with E-state index in [9.17, 15) is 27.6 Å². The largest absolute Gasteiger partial charge is 0.471 e. The minimum atomic E-state index is -5.01. The number of amides is 3. The lowest BCUT2D eigenvalue weighted by Crippen LogP contribution is -2.65. The van der Waals surface area contributed by atoms with E-state index in [2.05, 4.69) is 4.98 Å². The van der Waals surface area contributed by atoms with Crippen LogP contribution in [0.2, 0.25) is 10.2 Å². The number of carbonyl (C=O) groups is 3. The molecule has 3 fully saturated rings. The lowest BCUT2D eigenvalue weighted by atomic mass is 9.81. The van der Waals surface area contributed by atoms with Crippen LogP contribution in [0.5, 0.6) is 0 Å². The van der Waals surface area contributed by atoms with Gasteiger partial charge in [0.2, 0.25) is 5.91 Å². The van der Waals surface area contributed by atoms with Gasteiger partial charge in [0.05, 0.1) is 16.6 Å². The fourth-order valence-electron chi connectivity index (χ4n) is 8.30. The lowest BCUT2D eigenvalue weighted by molar-refractivity contribution is -0.193. The van der Waals surface area contributed by atoms with Crippen LogP contribution in [-0.4, -0.2) is 90.4 Å². The van der Waals surface area contributed by atoms with Gasteiger partial charge in [0, 0.05) is 42.6 Å². The Morgan fingerprint density at radius 2 is 1.75 bits per heavy atom. The topological polar surface area (TPSA) is 89.4 Å². The molecule has 1 saturated carbocycles. The molecule has 278 valence electrons. The molecule has 0 unspecified atom stereocenters. The highest BCUT2D eigenvalue weighted by Gasteiger charge is 2.61. The maximum absolute atomic E-state index is 15.1. The Kier molecular flexibility index (Phi) is 9.17. The minimum absolute atomic E-state index is 0.0154. The smallest absolute Gasteiger partial charge is 0.334 e. The second-order valence-electron chi connectivity index (χ2n) is 14.9. The molecule has 1 aliphatic carbocycles. The molecule has 0 radical (unpaired) electrons. The Morgan fingerprint density at radius 1 is 1.04 bits per heavy atom. The summed E-state index contributed by atoms with van der Waals surface area (Å²) in [5, 5.41) is 0.812. The number of halogens is 6. The second-order valence-corrected chi connectivity index (χ2v) is 16.7. The Morgan fingerprint density at radius 3 is 2.35 bits per heavy atom. The van der Waals surface area contributed by atoms with Crippen LogP contribution in [0.1, 0.15) is 77.5 Å². The third-order valence-electron chi connectivity index (χ3n) is 11.1. The van der Waals surface area contributed by atoms with Gasteiger partial charge in [-0.05, 0) is 87.9 Å². The van der Waals surface area contributed by atoms with E-state index in [1.54, 1.807) is 35.1 Å². The van der Waals surface area contributed by atoms with Crippen LogP contribution in [0, 0.1) is 11.7 Å². The average Bonchev–Trinajstić information content (AvgIpc) is 3.44. The zero-order valence-electron chi connectivity index (χ0n) is 29.2. The molecule has 4 aliphatic heterocycles. The number of rotatable bonds is 5. The van der Waals surface area contributed by atoms with Crippen molar-refractivity contribution in [3.8, 4) is 0 Å². The summed E-state index contributed by atoms with van der Waals surface area (Å²) in [5.41, 5.74) is -0.0322. The summed E-state index contributed by atoms with van der Waals surface area (Å²) in [7, 11) is 0. The van der Waals surface area contributed by atoms with Gasteiger partial charge in [0.15, 0.2) is 5.17 Å². The van der Waals surface area contributed by atoms with Crippen LogP contribution in [0.4, 0.5) is 17.6 Å². The number of hydrogen-bond donors (Lipinski definition) is 0. The number of allylic oxidation sites excluding steroid dienone is 1. The number of likely N-dealkylation sites (tertiary alicyclic amines) is 1. The first kappa shape index (κ1) is 37.0. The first-order valence-corrected chi connectivity index (χ1v) is 18.8. The molecule has 1 aromatic heterocycles. The van der Waals surface area contributed by atoms with Gasteiger partial charge in [-0.15, -0.1) is 0 Å². The van der Waals surface area contributed by atoms with Gasteiger partial charge >= 0.3 is 12.1 Å². The number of hydrogen-bond acceptors (Lipinski definition) is 7. The van der Waals surface area contributed by atoms with Crippen molar-refractivity contribution in [2.24, 2.45) is 10.9 Å². The van der Waals surface area contributed by atoms with Crippen LogP contribution in [0.3, 0.4) is 0 Å². The number of pyridine rings is 1. The molecule has 3 amide bonds. The number of alkyl halides is 3. The van der Waals surface area contributed by atoms with Gasteiger partial charge in [-0.2, -0.15) is 13.2 Å². The molecule has 0 bridgehead atoms. The molecule has 5 aliphatic rings. The Bertz CT molecular complexity index is 1900. The van der Waals surface area contributed by atoms with E-state index >= 15 is 4.39 Å². The monoisotopic (exact) mass is 780 g/mol. The molecule has 2 saturated heterocycles. The van der Waals surface area contributed by atoms with Gasteiger partial charge in [-0.1, -0.05) is 49.2 Å². The lowest BCUT2D eigenvalue weighted by Gasteiger charge is -2.47. The van der Waals surface area contributed by atoms with Crippen molar-refractivity contribution < 1.29 is 31.9 Å². The van der Waals surface area contributed by atoms with Gasteiger partial charge in [0.25, 0.3) is 5.91 Å². The highest BCUT2D eigenvalue weighted by Crippen LogP contribution is 2.57. The van der Waals surface area contributed by atoms with Gasteiger partial charge in [0.1, 0.15) is 27.5 Å².